The van der Waals surface area contributed by atoms with E-state index in [-0.39, 0.29) is 26.1 Å². The Balaban J connectivity index is 1.51. The number of amides is 2. The second-order valence-electron chi connectivity index (χ2n) is 9.95. The third kappa shape index (κ3) is 6.42. The molecule has 9 heteroatoms. The van der Waals surface area contributed by atoms with E-state index in [1.807, 2.05) is 48.5 Å². The number of alkyl carbamates (subject to hydrolysis) is 1. The molecular weight excluding hydrogens is 510 g/mol. The molecule has 1 N–H and O–H groups in total. The van der Waals surface area contributed by atoms with Crippen molar-refractivity contribution in [2.75, 3.05) is 26.8 Å². The van der Waals surface area contributed by atoms with Crippen molar-refractivity contribution < 1.29 is 28.6 Å². The minimum Gasteiger partial charge on any atom is -0.488 e. The molecule has 0 aliphatic carbocycles. The third-order valence-electron chi connectivity index (χ3n) is 7.16. The maximum absolute atomic E-state index is 13.1. The Morgan fingerprint density at radius 2 is 1.93 bits per heavy atom. The molecule has 3 heterocycles. The molecule has 2 aromatic carbocycles. The van der Waals surface area contributed by atoms with Crippen LogP contribution in [0.2, 0.25) is 0 Å². The Labute approximate surface area is 233 Å². The van der Waals surface area contributed by atoms with E-state index in [0.717, 1.165) is 53.4 Å². The molecule has 5 rings (SSSR count). The number of aromatic nitrogens is 1. The van der Waals surface area contributed by atoms with Gasteiger partial charge in [0.2, 0.25) is 5.91 Å². The average Bonchev–Trinajstić information content (AvgIpc) is 3.40. The predicted molar refractivity (Wildman–Crippen MR) is 151 cm³/mol. The normalized spacial score (nSPS) is 21.3. The molecule has 0 spiro atoms. The van der Waals surface area contributed by atoms with Crippen LogP contribution >= 0.6 is 0 Å². The summed E-state index contributed by atoms with van der Waals surface area (Å²) in [7, 11) is 1.29. The van der Waals surface area contributed by atoms with Crippen molar-refractivity contribution in [2.45, 2.75) is 44.2 Å². The van der Waals surface area contributed by atoms with Crippen LogP contribution in [0.25, 0.3) is 28.2 Å². The maximum Gasteiger partial charge on any atom is 0.407 e. The molecular formula is C31H33N3O6. The first-order chi connectivity index (χ1) is 19.5. The number of ether oxygens (including phenoxy) is 3. The van der Waals surface area contributed by atoms with Gasteiger partial charge in [0, 0.05) is 23.4 Å². The molecule has 0 unspecified atom stereocenters. The number of cyclic esters (lactones) is 1. The van der Waals surface area contributed by atoms with Crippen LogP contribution in [0.5, 0.6) is 5.75 Å². The van der Waals surface area contributed by atoms with Crippen molar-refractivity contribution in [2.24, 2.45) is 0 Å². The van der Waals surface area contributed by atoms with E-state index in [2.05, 4.69) is 23.5 Å². The summed E-state index contributed by atoms with van der Waals surface area (Å²) in [5.41, 5.74) is 3.53. The van der Waals surface area contributed by atoms with E-state index in [9.17, 15) is 14.4 Å². The highest BCUT2D eigenvalue weighted by molar-refractivity contribution is 5.90. The Hall–Kier alpha value is -4.40. The van der Waals surface area contributed by atoms with E-state index >= 15 is 0 Å². The van der Waals surface area contributed by atoms with Gasteiger partial charge in [-0.2, -0.15) is 0 Å². The zero-order valence-corrected chi connectivity index (χ0v) is 22.5. The van der Waals surface area contributed by atoms with Gasteiger partial charge in [0.05, 0.1) is 31.5 Å². The second-order valence-corrected chi connectivity index (χ2v) is 9.95. The number of nitrogens with one attached hydrogen (secondary N) is 1. The zero-order valence-electron chi connectivity index (χ0n) is 22.5. The summed E-state index contributed by atoms with van der Waals surface area (Å²) in [6, 6.07) is 17.0. The van der Waals surface area contributed by atoms with E-state index in [0.29, 0.717) is 5.75 Å². The predicted octanol–water partition coefficient (Wildman–Crippen LogP) is 4.74. The summed E-state index contributed by atoms with van der Waals surface area (Å²) in [6.07, 6.45) is 6.87. The minimum absolute atomic E-state index is 0.166. The first kappa shape index (κ1) is 27.2. The van der Waals surface area contributed by atoms with Crippen molar-refractivity contribution in [3.05, 3.63) is 66.2 Å². The van der Waals surface area contributed by atoms with Crippen LogP contribution < -0.4 is 10.1 Å². The summed E-state index contributed by atoms with van der Waals surface area (Å²) >= 11 is 0. The third-order valence-corrected chi connectivity index (χ3v) is 7.16. The fraction of sp³-hybridized carbons (Fsp3) is 0.355. The van der Waals surface area contributed by atoms with Gasteiger partial charge in [-0.3, -0.25) is 4.79 Å². The molecule has 2 aliphatic rings. The van der Waals surface area contributed by atoms with E-state index in [1.165, 1.54) is 12.0 Å². The van der Waals surface area contributed by atoms with Crippen molar-refractivity contribution in [3.8, 4) is 17.0 Å². The van der Waals surface area contributed by atoms with Gasteiger partial charge in [0.15, 0.2) is 0 Å². The number of carbonyl (C=O) groups excluding carboxylic acids is 3. The molecule has 1 aromatic heterocycles. The molecule has 1 fully saturated rings. The van der Waals surface area contributed by atoms with Crippen LogP contribution in [0.3, 0.4) is 0 Å². The van der Waals surface area contributed by atoms with Crippen LogP contribution in [0.4, 0.5) is 4.79 Å². The lowest BCUT2D eigenvalue weighted by Crippen LogP contribution is -2.46. The van der Waals surface area contributed by atoms with Gasteiger partial charge in [-0.05, 0) is 43.4 Å². The topological polar surface area (TPSA) is 107 Å². The summed E-state index contributed by atoms with van der Waals surface area (Å²) in [5, 5.41) is 3.34. The number of rotatable bonds is 2. The Morgan fingerprint density at radius 3 is 2.75 bits per heavy atom. The highest BCUT2D eigenvalue weighted by Crippen LogP contribution is 2.34. The lowest BCUT2D eigenvalue weighted by molar-refractivity contribution is -0.150. The molecule has 0 radical (unpaired) electrons. The fourth-order valence-corrected chi connectivity index (χ4v) is 5.09. The van der Waals surface area contributed by atoms with Crippen molar-refractivity contribution >= 4 is 34.9 Å². The smallest absolute Gasteiger partial charge is 0.407 e. The number of fused-ring (bicyclic) bond motifs is 3. The van der Waals surface area contributed by atoms with Gasteiger partial charge in [-0.15, -0.1) is 0 Å². The Bertz CT molecular complexity index is 1410. The molecule has 3 aromatic rings. The molecule has 0 saturated carbocycles. The average molecular weight is 544 g/mol. The molecule has 4 bridgehead atoms. The van der Waals surface area contributed by atoms with Crippen LogP contribution in [-0.2, 0) is 19.1 Å². The summed E-state index contributed by atoms with van der Waals surface area (Å²) in [6.45, 7) is 0.155. The molecule has 208 valence electrons. The summed E-state index contributed by atoms with van der Waals surface area (Å²) < 4.78 is 16.7. The quantitative estimate of drug-likeness (QED) is 0.466. The van der Waals surface area contributed by atoms with Crippen LogP contribution in [0, 0.1) is 0 Å². The highest BCUT2D eigenvalue weighted by atomic mass is 16.5. The van der Waals surface area contributed by atoms with E-state index in [4.69, 9.17) is 19.2 Å². The Kier molecular flexibility index (Phi) is 8.59. The van der Waals surface area contributed by atoms with Gasteiger partial charge in [0.1, 0.15) is 24.4 Å². The van der Waals surface area contributed by atoms with E-state index in [1.54, 1.807) is 0 Å². The number of nitrogens with zero attached hydrogens (tertiary/aromatic N) is 2. The van der Waals surface area contributed by atoms with Gasteiger partial charge in [0.25, 0.3) is 0 Å². The number of carbonyl (C=O) groups is 3. The molecule has 1 saturated heterocycles. The fourth-order valence-electron chi connectivity index (χ4n) is 5.09. The second kappa shape index (κ2) is 12.6. The maximum atomic E-state index is 13.1. The van der Waals surface area contributed by atoms with Crippen molar-refractivity contribution in [1.82, 2.24) is 15.2 Å². The number of pyridine rings is 1. The molecule has 2 amide bonds. The SMILES string of the molecule is COC(=O)[C@@H]1C[C@@H]2CN1C(=O)CNC(=O)OCCCCC/C=C/c1ccc3nc(-c4ccccc4)cc(c3c1)O2. The minimum atomic E-state index is -0.824. The molecule has 2 atom stereocenters. The number of esters is 1. The van der Waals surface area contributed by atoms with Crippen LogP contribution in [-0.4, -0.2) is 66.8 Å². The van der Waals surface area contributed by atoms with E-state index < -0.39 is 30.1 Å². The first-order valence-corrected chi connectivity index (χ1v) is 13.6. The van der Waals surface area contributed by atoms with Crippen molar-refractivity contribution in [1.29, 1.82) is 0 Å². The molecule has 2 aliphatic heterocycles. The molecule has 9 nitrogen and oxygen atoms in total. The van der Waals surface area contributed by atoms with Crippen LogP contribution in [0.1, 0.15) is 37.7 Å². The number of benzene rings is 2. The van der Waals surface area contributed by atoms with Gasteiger partial charge in [-0.25, -0.2) is 14.6 Å². The molecule has 40 heavy (non-hydrogen) atoms. The zero-order chi connectivity index (χ0) is 27.9. The van der Waals surface area contributed by atoms with Crippen LogP contribution in [0.15, 0.2) is 60.7 Å². The lowest BCUT2D eigenvalue weighted by atomic mass is 10.1. The summed E-state index contributed by atoms with van der Waals surface area (Å²) in [4.78, 5) is 44.1. The van der Waals surface area contributed by atoms with Gasteiger partial charge in [-0.1, -0.05) is 48.6 Å². The Morgan fingerprint density at radius 1 is 1.07 bits per heavy atom. The lowest BCUT2D eigenvalue weighted by Gasteiger charge is -2.22. The first-order valence-electron chi connectivity index (χ1n) is 13.6. The number of methoxy groups -OCH3 is 1. The van der Waals surface area contributed by atoms with Gasteiger partial charge < -0.3 is 24.4 Å². The standard InChI is InChI=1S/C31H33N3O6/c1-38-30(36)27-17-23-20-34(27)29(35)19-32-31(37)39-15-9-4-2-3-6-10-21-13-14-25-24(16-21)28(40-23)18-26(33-25)22-11-7-5-8-12-22/h5-8,10-14,16,18,23,27H,2-4,9,15,17,19-20H2,1H3,(H,32,37)/b10-6+/t23-,27+/m1/s1. The number of hydrogen-bond acceptors (Lipinski definition) is 7. The largest absolute Gasteiger partial charge is 0.488 e. The number of allylic oxidation sites excluding steroid dienone is 1. The summed E-state index contributed by atoms with van der Waals surface area (Å²) in [5.74, 6) is -0.319. The van der Waals surface area contributed by atoms with Crippen molar-refractivity contribution in [3.63, 3.8) is 0 Å². The highest BCUT2D eigenvalue weighted by Gasteiger charge is 2.41. The van der Waals surface area contributed by atoms with Gasteiger partial charge >= 0.3 is 12.1 Å². The number of hydrogen-bond donors (Lipinski definition) is 1. The monoisotopic (exact) mass is 543 g/mol.